The van der Waals surface area contributed by atoms with Crippen LogP contribution in [-0.4, -0.2) is 17.6 Å². The summed E-state index contributed by atoms with van der Waals surface area (Å²) in [5.41, 5.74) is 5.71. The molecule has 2 rings (SSSR count). The van der Waals surface area contributed by atoms with Crippen LogP contribution in [0.15, 0.2) is 46.7 Å². The third-order valence-corrected chi connectivity index (χ3v) is 4.97. The van der Waals surface area contributed by atoms with Crippen LogP contribution < -0.4 is 11.1 Å². The molecule has 3 N–H and O–H groups in total. The molecule has 1 heterocycles. The van der Waals surface area contributed by atoms with Crippen molar-refractivity contribution in [2.75, 3.05) is 5.75 Å². The highest BCUT2D eigenvalue weighted by molar-refractivity contribution is 8.00. The number of carbonyl (C=O) groups is 2. The Morgan fingerprint density at radius 2 is 2.05 bits per heavy atom. The van der Waals surface area contributed by atoms with Gasteiger partial charge in [0.2, 0.25) is 5.91 Å². The van der Waals surface area contributed by atoms with Crippen molar-refractivity contribution in [2.45, 2.75) is 17.9 Å². The van der Waals surface area contributed by atoms with E-state index in [1.165, 1.54) is 11.8 Å². The third kappa shape index (κ3) is 4.34. The molecular formula is C15H16N2O2S2. The van der Waals surface area contributed by atoms with Crippen molar-refractivity contribution in [3.05, 3.63) is 52.2 Å². The van der Waals surface area contributed by atoms with Crippen molar-refractivity contribution in [3.63, 3.8) is 0 Å². The van der Waals surface area contributed by atoms with Crippen LogP contribution in [0.3, 0.4) is 0 Å². The maximum atomic E-state index is 12.4. The van der Waals surface area contributed by atoms with Gasteiger partial charge < -0.3 is 11.1 Å². The van der Waals surface area contributed by atoms with E-state index < -0.39 is 5.91 Å². The summed E-state index contributed by atoms with van der Waals surface area (Å²) in [6, 6.07) is 11.1. The summed E-state index contributed by atoms with van der Waals surface area (Å²) in [5, 5.41) is 4.95. The van der Waals surface area contributed by atoms with Crippen LogP contribution in [0, 0.1) is 0 Å². The van der Waals surface area contributed by atoms with Gasteiger partial charge in [-0.1, -0.05) is 18.2 Å². The Kier molecular flexibility index (Phi) is 5.41. The summed E-state index contributed by atoms with van der Waals surface area (Å²) in [4.78, 5) is 25.1. The van der Waals surface area contributed by atoms with E-state index in [2.05, 4.69) is 5.32 Å². The van der Waals surface area contributed by atoms with Gasteiger partial charge in [0.1, 0.15) is 0 Å². The second kappa shape index (κ2) is 7.28. The largest absolute Gasteiger partial charge is 0.369 e. The molecule has 0 fully saturated rings. The minimum Gasteiger partial charge on any atom is -0.369 e. The Bertz CT molecular complexity index is 626. The van der Waals surface area contributed by atoms with Crippen LogP contribution in [-0.2, 0) is 4.79 Å². The van der Waals surface area contributed by atoms with Gasteiger partial charge in [0.25, 0.3) is 5.91 Å². The van der Waals surface area contributed by atoms with Crippen LogP contribution in [0.4, 0.5) is 0 Å². The third-order valence-electron chi connectivity index (χ3n) is 2.82. The van der Waals surface area contributed by atoms with Crippen molar-refractivity contribution in [1.29, 1.82) is 0 Å². The van der Waals surface area contributed by atoms with E-state index in [0.717, 1.165) is 9.77 Å². The number of hydrogen-bond donors (Lipinski definition) is 2. The summed E-state index contributed by atoms with van der Waals surface area (Å²) in [7, 11) is 0. The first-order chi connectivity index (χ1) is 10.1. The van der Waals surface area contributed by atoms with Gasteiger partial charge in [-0.2, -0.15) is 0 Å². The first-order valence-corrected chi connectivity index (χ1v) is 8.29. The molecule has 0 aliphatic rings. The van der Waals surface area contributed by atoms with E-state index in [0.29, 0.717) is 5.56 Å². The fourth-order valence-corrected chi connectivity index (χ4v) is 3.34. The number of primary amides is 1. The summed E-state index contributed by atoms with van der Waals surface area (Å²) in [6.45, 7) is 1.95. The second-order valence-corrected chi connectivity index (χ2v) is 6.46. The quantitative estimate of drug-likeness (QED) is 0.804. The van der Waals surface area contributed by atoms with Gasteiger partial charge >= 0.3 is 0 Å². The monoisotopic (exact) mass is 320 g/mol. The standard InChI is InChI=1S/C15H16N2O2S2/c1-10(12-7-4-8-20-12)17-15(19)11-5-2-3-6-13(11)21-9-14(16)18/h2-8,10H,9H2,1H3,(H2,16,18)(H,17,19)/t10-/m1/s1. The van der Waals surface area contributed by atoms with Crippen LogP contribution in [0.25, 0.3) is 0 Å². The summed E-state index contributed by atoms with van der Waals surface area (Å²) in [6.07, 6.45) is 0. The molecule has 6 heteroatoms. The van der Waals surface area contributed by atoms with Gasteiger partial charge in [0.05, 0.1) is 17.4 Å². The Morgan fingerprint density at radius 3 is 2.71 bits per heavy atom. The van der Waals surface area contributed by atoms with E-state index in [1.54, 1.807) is 23.5 Å². The average Bonchev–Trinajstić information content (AvgIpc) is 2.99. The number of rotatable bonds is 6. The van der Waals surface area contributed by atoms with Crippen molar-refractivity contribution < 1.29 is 9.59 Å². The number of amides is 2. The number of thioether (sulfide) groups is 1. The molecule has 1 aromatic carbocycles. The number of benzene rings is 1. The summed E-state index contributed by atoms with van der Waals surface area (Å²) >= 11 is 2.88. The van der Waals surface area contributed by atoms with E-state index in [1.807, 2.05) is 36.6 Å². The Hall–Kier alpha value is -1.79. The molecule has 0 unspecified atom stereocenters. The lowest BCUT2D eigenvalue weighted by molar-refractivity contribution is -0.115. The minimum atomic E-state index is -0.401. The van der Waals surface area contributed by atoms with Gasteiger partial charge in [-0.25, -0.2) is 0 Å². The minimum absolute atomic E-state index is 0.0494. The molecule has 21 heavy (non-hydrogen) atoms. The average molecular weight is 320 g/mol. The maximum absolute atomic E-state index is 12.4. The van der Waals surface area contributed by atoms with Gasteiger partial charge in [0.15, 0.2) is 0 Å². The fraction of sp³-hybridized carbons (Fsp3) is 0.200. The predicted molar refractivity (Wildman–Crippen MR) is 86.6 cm³/mol. The Morgan fingerprint density at radius 1 is 1.29 bits per heavy atom. The summed E-state index contributed by atoms with van der Waals surface area (Å²) < 4.78 is 0. The number of nitrogens with one attached hydrogen (secondary N) is 1. The van der Waals surface area contributed by atoms with E-state index in [4.69, 9.17) is 5.73 Å². The topological polar surface area (TPSA) is 72.2 Å². The van der Waals surface area contributed by atoms with Crippen molar-refractivity contribution in [2.24, 2.45) is 5.73 Å². The van der Waals surface area contributed by atoms with Crippen LogP contribution in [0.2, 0.25) is 0 Å². The van der Waals surface area contributed by atoms with Gasteiger partial charge in [-0.3, -0.25) is 9.59 Å². The highest BCUT2D eigenvalue weighted by Crippen LogP contribution is 2.24. The molecular weight excluding hydrogens is 304 g/mol. The van der Waals surface area contributed by atoms with Gasteiger partial charge in [-0.05, 0) is 30.5 Å². The molecule has 0 aliphatic carbocycles. The Labute approximate surface area is 131 Å². The highest BCUT2D eigenvalue weighted by Gasteiger charge is 2.15. The van der Waals surface area contributed by atoms with E-state index in [-0.39, 0.29) is 17.7 Å². The first-order valence-electron chi connectivity index (χ1n) is 6.42. The van der Waals surface area contributed by atoms with Crippen molar-refractivity contribution in [3.8, 4) is 0 Å². The van der Waals surface area contributed by atoms with Crippen LogP contribution >= 0.6 is 23.1 Å². The predicted octanol–water partition coefficient (Wildman–Crippen LogP) is 2.82. The molecule has 0 radical (unpaired) electrons. The zero-order valence-electron chi connectivity index (χ0n) is 11.5. The molecule has 110 valence electrons. The molecule has 2 aromatic rings. The fourth-order valence-electron chi connectivity index (χ4n) is 1.81. The second-order valence-electron chi connectivity index (χ2n) is 4.46. The molecule has 1 atom stereocenters. The van der Waals surface area contributed by atoms with E-state index >= 15 is 0 Å². The molecule has 4 nitrogen and oxygen atoms in total. The lowest BCUT2D eigenvalue weighted by atomic mass is 10.2. The molecule has 0 spiro atoms. The molecule has 0 saturated heterocycles. The number of hydrogen-bond acceptors (Lipinski definition) is 4. The lowest BCUT2D eigenvalue weighted by Gasteiger charge is -2.14. The molecule has 0 bridgehead atoms. The maximum Gasteiger partial charge on any atom is 0.252 e. The van der Waals surface area contributed by atoms with E-state index in [9.17, 15) is 9.59 Å². The van der Waals surface area contributed by atoms with Crippen molar-refractivity contribution in [1.82, 2.24) is 5.32 Å². The molecule has 1 aromatic heterocycles. The van der Waals surface area contributed by atoms with Gasteiger partial charge in [0, 0.05) is 9.77 Å². The highest BCUT2D eigenvalue weighted by atomic mass is 32.2. The molecule has 2 amide bonds. The number of thiophene rings is 1. The normalized spacial score (nSPS) is 11.9. The van der Waals surface area contributed by atoms with Crippen LogP contribution in [0.5, 0.6) is 0 Å². The zero-order valence-corrected chi connectivity index (χ0v) is 13.2. The number of nitrogens with two attached hydrogens (primary N) is 1. The Balaban J connectivity index is 2.10. The lowest BCUT2D eigenvalue weighted by Crippen LogP contribution is -2.26. The van der Waals surface area contributed by atoms with Crippen molar-refractivity contribution >= 4 is 34.9 Å². The summed E-state index contributed by atoms with van der Waals surface area (Å²) in [5.74, 6) is -0.393. The molecule has 0 aliphatic heterocycles. The smallest absolute Gasteiger partial charge is 0.252 e. The first kappa shape index (κ1) is 15.6. The SMILES string of the molecule is C[C@@H](NC(=O)c1ccccc1SCC(N)=O)c1cccs1. The zero-order chi connectivity index (χ0) is 15.2. The van der Waals surface area contributed by atoms with Crippen LogP contribution in [0.1, 0.15) is 28.2 Å². The molecule has 0 saturated carbocycles. The van der Waals surface area contributed by atoms with Gasteiger partial charge in [-0.15, -0.1) is 23.1 Å². The number of carbonyl (C=O) groups excluding carboxylic acids is 2.